The molecule has 2 rings (SSSR count). The number of halogens is 1. The Labute approximate surface area is 116 Å². The lowest BCUT2D eigenvalue weighted by Gasteiger charge is -2.14. The molecule has 0 spiro atoms. The van der Waals surface area contributed by atoms with E-state index in [0.717, 1.165) is 5.69 Å². The van der Waals surface area contributed by atoms with Crippen LogP contribution in [0.25, 0.3) is 0 Å². The van der Waals surface area contributed by atoms with Gasteiger partial charge in [-0.25, -0.2) is 4.98 Å². The van der Waals surface area contributed by atoms with Gasteiger partial charge in [-0.1, -0.05) is 29.8 Å². The maximum Gasteiger partial charge on any atom is 0.246 e. The second kappa shape index (κ2) is 6.15. The zero-order chi connectivity index (χ0) is 13.7. The summed E-state index contributed by atoms with van der Waals surface area (Å²) in [5.74, 6) is 0.302. The van der Waals surface area contributed by atoms with Crippen molar-refractivity contribution < 1.29 is 4.79 Å². The average molecular weight is 277 g/mol. The molecule has 1 amide bonds. The predicted molar refractivity (Wildman–Crippen MR) is 75.2 cm³/mol. The Bertz CT molecular complexity index is 562. The highest BCUT2D eigenvalue weighted by atomic mass is 35.5. The second-order valence-corrected chi connectivity index (χ2v) is 4.34. The number of hydrogen-bond acceptors (Lipinski definition) is 4. The zero-order valence-electron chi connectivity index (χ0n) is 10.3. The maximum absolute atomic E-state index is 11.9. The number of anilines is 2. The molecule has 1 aromatic heterocycles. The molecule has 0 saturated carbocycles. The van der Waals surface area contributed by atoms with Gasteiger partial charge in [-0.2, -0.15) is 0 Å². The van der Waals surface area contributed by atoms with E-state index >= 15 is 0 Å². The highest BCUT2D eigenvalue weighted by Crippen LogP contribution is 2.10. The number of rotatable bonds is 4. The van der Waals surface area contributed by atoms with Crippen LogP contribution >= 0.6 is 11.6 Å². The van der Waals surface area contributed by atoms with Crippen LogP contribution in [-0.4, -0.2) is 21.9 Å². The van der Waals surface area contributed by atoms with Crippen molar-refractivity contribution in [1.82, 2.24) is 9.97 Å². The molecule has 0 saturated heterocycles. The van der Waals surface area contributed by atoms with Gasteiger partial charge in [0.05, 0.1) is 12.4 Å². The van der Waals surface area contributed by atoms with Gasteiger partial charge in [0.1, 0.15) is 17.0 Å². The first-order valence-corrected chi connectivity index (χ1v) is 6.13. The van der Waals surface area contributed by atoms with Crippen LogP contribution in [0.15, 0.2) is 42.7 Å². The van der Waals surface area contributed by atoms with Crippen molar-refractivity contribution in [3.63, 3.8) is 0 Å². The van der Waals surface area contributed by atoms with Crippen molar-refractivity contribution in [3.8, 4) is 0 Å². The third-order valence-corrected chi connectivity index (χ3v) is 2.59. The maximum atomic E-state index is 11.9. The lowest BCUT2D eigenvalue weighted by molar-refractivity contribution is -0.116. The molecule has 2 aromatic rings. The van der Waals surface area contributed by atoms with Crippen molar-refractivity contribution in [2.45, 2.75) is 13.0 Å². The topological polar surface area (TPSA) is 66.9 Å². The summed E-state index contributed by atoms with van der Waals surface area (Å²) in [6.45, 7) is 1.74. The van der Waals surface area contributed by atoms with Gasteiger partial charge in [0.25, 0.3) is 0 Å². The molecule has 1 unspecified atom stereocenters. The van der Waals surface area contributed by atoms with E-state index in [1.165, 1.54) is 12.4 Å². The number of para-hydroxylation sites is 1. The van der Waals surface area contributed by atoms with Crippen molar-refractivity contribution in [2.24, 2.45) is 0 Å². The Kier molecular flexibility index (Phi) is 4.30. The average Bonchev–Trinajstić information content (AvgIpc) is 2.40. The van der Waals surface area contributed by atoms with Crippen LogP contribution in [0.3, 0.4) is 0 Å². The fraction of sp³-hybridized carbons (Fsp3) is 0.154. The molecule has 19 heavy (non-hydrogen) atoms. The lowest BCUT2D eigenvalue weighted by atomic mass is 10.2. The van der Waals surface area contributed by atoms with Crippen LogP contribution in [-0.2, 0) is 4.79 Å². The Balaban J connectivity index is 1.96. The van der Waals surface area contributed by atoms with Crippen LogP contribution in [0.4, 0.5) is 11.5 Å². The van der Waals surface area contributed by atoms with Gasteiger partial charge in [-0.3, -0.25) is 9.78 Å². The van der Waals surface area contributed by atoms with E-state index in [1.54, 1.807) is 6.92 Å². The Morgan fingerprint density at radius 2 is 2.00 bits per heavy atom. The Morgan fingerprint density at radius 3 is 2.68 bits per heavy atom. The van der Waals surface area contributed by atoms with Gasteiger partial charge >= 0.3 is 0 Å². The van der Waals surface area contributed by atoms with Crippen LogP contribution in [0.5, 0.6) is 0 Å². The molecule has 98 valence electrons. The molecule has 0 aliphatic rings. The number of aromatic nitrogens is 2. The van der Waals surface area contributed by atoms with E-state index in [4.69, 9.17) is 11.6 Å². The van der Waals surface area contributed by atoms with E-state index in [0.29, 0.717) is 5.82 Å². The number of nitrogens with zero attached hydrogens (tertiary/aromatic N) is 2. The number of nitrogens with one attached hydrogen (secondary N) is 2. The summed E-state index contributed by atoms with van der Waals surface area (Å²) in [6.07, 6.45) is 2.94. The normalized spacial score (nSPS) is 11.7. The summed E-state index contributed by atoms with van der Waals surface area (Å²) in [5, 5.41) is 6.00. The third kappa shape index (κ3) is 3.93. The summed E-state index contributed by atoms with van der Waals surface area (Å²) < 4.78 is 0. The molecule has 0 aliphatic carbocycles. The number of carbonyl (C=O) groups excluding carboxylic acids is 1. The molecule has 6 heteroatoms. The molecule has 0 radical (unpaired) electrons. The number of hydrogen-bond donors (Lipinski definition) is 2. The fourth-order valence-electron chi connectivity index (χ4n) is 1.47. The standard InChI is InChI=1S/C13H13ClN4O/c1-9(16-12-8-15-7-11(14)18-12)13(19)17-10-5-3-2-4-6-10/h2-9H,1H3,(H,16,18)(H,17,19). The largest absolute Gasteiger partial charge is 0.357 e. The van der Waals surface area contributed by atoms with Crippen molar-refractivity contribution >= 4 is 29.0 Å². The van der Waals surface area contributed by atoms with E-state index in [2.05, 4.69) is 20.6 Å². The van der Waals surface area contributed by atoms with Gasteiger partial charge in [0.2, 0.25) is 5.91 Å². The van der Waals surface area contributed by atoms with E-state index in [-0.39, 0.29) is 11.1 Å². The number of carbonyl (C=O) groups is 1. The molecule has 1 atom stereocenters. The number of benzene rings is 1. The summed E-state index contributed by atoms with van der Waals surface area (Å²) in [7, 11) is 0. The molecular formula is C13H13ClN4O. The molecule has 0 bridgehead atoms. The van der Waals surface area contributed by atoms with Crippen LogP contribution in [0.1, 0.15) is 6.92 Å². The minimum absolute atomic E-state index is 0.159. The number of amides is 1. The van der Waals surface area contributed by atoms with Crippen molar-refractivity contribution in [1.29, 1.82) is 0 Å². The molecule has 0 aliphatic heterocycles. The molecule has 0 fully saturated rings. The van der Waals surface area contributed by atoms with Crippen LogP contribution < -0.4 is 10.6 Å². The smallest absolute Gasteiger partial charge is 0.246 e. The first-order valence-electron chi connectivity index (χ1n) is 5.75. The summed E-state index contributed by atoms with van der Waals surface area (Å²) in [5.41, 5.74) is 0.748. The first-order chi connectivity index (χ1) is 9.15. The van der Waals surface area contributed by atoms with Crippen LogP contribution in [0.2, 0.25) is 5.15 Å². The highest BCUT2D eigenvalue weighted by molar-refractivity contribution is 6.29. The second-order valence-electron chi connectivity index (χ2n) is 3.95. The SMILES string of the molecule is CC(Nc1cncc(Cl)n1)C(=O)Nc1ccccc1. The summed E-state index contributed by atoms with van der Waals surface area (Å²) in [6, 6.07) is 8.80. The molecule has 2 N–H and O–H groups in total. The molecule has 1 aromatic carbocycles. The summed E-state index contributed by atoms with van der Waals surface area (Å²) >= 11 is 5.72. The van der Waals surface area contributed by atoms with Gasteiger partial charge in [0, 0.05) is 5.69 Å². The Morgan fingerprint density at radius 1 is 1.26 bits per heavy atom. The Hall–Kier alpha value is -2.14. The van der Waals surface area contributed by atoms with E-state index in [1.807, 2.05) is 30.3 Å². The highest BCUT2D eigenvalue weighted by Gasteiger charge is 2.13. The first kappa shape index (κ1) is 13.3. The third-order valence-electron chi connectivity index (χ3n) is 2.40. The monoisotopic (exact) mass is 276 g/mol. The van der Waals surface area contributed by atoms with E-state index in [9.17, 15) is 4.79 Å². The molecule has 1 heterocycles. The van der Waals surface area contributed by atoms with Gasteiger partial charge in [-0.05, 0) is 19.1 Å². The fourth-order valence-corrected chi connectivity index (χ4v) is 1.62. The molecular weight excluding hydrogens is 264 g/mol. The van der Waals surface area contributed by atoms with Gasteiger partial charge < -0.3 is 10.6 Å². The zero-order valence-corrected chi connectivity index (χ0v) is 11.1. The van der Waals surface area contributed by atoms with Gasteiger partial charge in [0.15, 0.2) is 0 Å². The molecule has 5 nitrogen and oxygen atoms in total. The minimum atomic E-state index is -0.451. The summed E-state index contributed by atoms with van der Waals surface area (Å²) in [4.78, 5) is 19.9. The predicted octanol–water partition coefficient (Wildman–Crippen LogP) is 2.57. The van der Waals surface area contributed by atoms with Crippen molar-refractivity contribution in [2.75, 3.05) is 10.6 Å². The van der Waals surface area contributed by atoms with Gasteiger partial charge in [-0.15, -0.1) is 0 Å². The van der Waals surface area contributed by atoms with Crippen LogP contribution in [0, 0.1) is 0 Å². The minimum Gasteiger partial charge on any atom is -0.357 e. The lowest BCUT2D eigenvalue weighted by Crippen LogP contribution is -2.32. The van der Waals surface area contributed by atoms with Crippen molar-refractivity contribution in [3.05, 3.63) is 47.9 Å². The quantitative estimate of drug-likeness (QED) is 0.901. The van der Waals surface area contributed by atoms with E-state index < -0.39 is 6.04 Å².